The van der Waals surface area contributed by atoms with Crippen molar-refractivity contribution in [3.63, 3.8) is 0 Å². The Morgan fingerprint density at radius 2 is 1.80 bits per heavy atom. The lowest BCUT2D eigenvalue weighted by molar-refractivity contribution is 0.637. The molecule has 0 heterocycles. The van der Waals surface area contributed by atoms with Crippen LogP contribution in [0.25, 0.3) is 0 Å². The minimum absolute atomic E-state index is 1.20. The van der Waals surface area contributed by atoms with E-state index >= 15 is 0 Å². The van der Waals surface area contributed by atoms with Crippen molar-refractivity contribution in [3.8, 4) is 0 Å². The highest BCUT2D eigenvalue weighted by molar-refractivity contribution is 7.83. The van der Waals surface area contributed by atoms with Crippen LogP contribution in [0.15, 0.2) is 11.5 Å². The monoisotopic (exact) mass is 158 g/mol. The maximum absolute atomic E-state index is 3.98. The predicted molar refractivity (Wildman–Crippen MR) is 51.5 cm³/mol. The summed E-state index contributed by atoms with van der Waals surface area (Å²) in [6.07, 6.45) is 10.2. The zero-order valence-corrected chi connectivity index (χ0v) is 7.74. The summed E-state index contributed by atoms with van der Waals surface area (Å²) in [4.78, 5) is 0. The van der Waals surface area contributed by atoms with Gasteiger partial charge in [-0.1, -0.05) is 38.7 Å². The minimum Gasteiger partial charge on any atom is -0.152 e. The summed E-state index contributed by atoms with van der Waals surface area (Å²) in [5.74, 6) is 0. The van der Waals surface area contributed by atoms with Gasteiger partial charge >= 0.3 is 0 Å². The number of hydrogen-bond donors (Lipinski definition) is 1. The van der Waals surface area contributed by atoms with E-state index in [2.05, 4.69) is 25.6 Å². The molecule has 0 fully saturated rings. The predicted octanol–water partition coefficient (Wildman–Crippen LogP) is 3.79. The number of unbranched alkanes of at least 4 members (excludes halogenated alkanes) is 5. The van der Waals surface area contributed by atoms with Crippen molar-refractivity contribution in [2.24, 2.45) is 0 Å². The summed E-state index contributed by atoms with van der Waals surface area (Å²) in [6.45, 7) is 2.24. The third-order valence-electron chi connectivity index (χ3n) is 1.58. The van der Waals surface area contributed by atoms with E-state index in [0.29, 0.717) is 0 Å². The van der Waals surface area contributed by atoms with Gasteiger partial charge in [0, 0.05) is 0 Å². The molecule has 0 aromatic heterocycles. The van der Waals surface area contributed by atoms with Gasteiger partial charge in [-0.15, -0.1) is 0 Å². The zero-order chi connectivity index (χ0) is 7.66. The number of thiol groups is 1. The average molecular weight is 158 g/mol. The molecule has 0 nitrogen and oxygen atoms in total. The zero-order valence-electron chi connectivity index (χ0n) is 6.84. The van der Waals surface area contributed by atoms with Gasteiger partial charge in [0.1, 0.15) is 0 Å². The molecule has 0 atom stereocenters. The second kappa shape index (κ2) is 9.09. The molecule has 10 heavy (non-hydrogen) atoms. The smallest absolute Gasteiger partial charge is 0.0343 e. The lowest BCUT2D eigenvalue weighted by Gasteiger charge is -1.94. The molecular formula is C9H18S. The minimum atomic E-state index is 1.20. The molecule has 60 valence electrons. The summed E-state index contributed by atoms with van der Waals surface area (Å²) in [5.41, 5.74) is 0. The van der Waals surface area contributed by atoms with E-state index in [1.807, 2.05) is 5.41 Å². The molecule has 0 radical (unpaired) electrons. The molecule has 0 saturated carbocycles. The standard InChI is InChI=1S/C9H18S/c1-2-3-4-5-6-7-8-9-10/h8-10H,2-7H2,1H3. The van der Waals surface area contributed by atoms with E-state index in [0.717, 1.165) is 0 Å². The molecule has 0 saturated heterocycles. The van der Waals surface area contributed by atoms with Gasteiger partial charge in [-0.05, 0) is 18.2 Å². The van der Waals surface area contributed by atoms with E-state index in [9.17, 15) is 0 Å². The summed E-state index contributed by atoms with van der Waals surface area (Å²) in [7, 11) is 0. The van der Waals surface area contributed by atoms with E-state index in [1.165, 1.54) is 38.5 Å². The van der Waals surface area contributed by atoms with Crippen LogP contribution in [0.3, 0.4) is 0 Å². The van der Waals surface area contributed by atoms with E-state index in [1.54, 1.807) is 0 Å². The molecule has 0 aliphatic heterocycles. The van der Waals surface area contributed by atoms with Gasteiger partial charge in [0.05, 0.1) is 0 Å². The Morgan fingerprint density at radius 3 is 2.40 bits per heavy atom. The quantitative estimate of drug-likeness (QED) is 0.441. The molecule has 0 aromatic carbocycles. The molecule has 0 aromatic rings. The molecule has 0 aliphatic carbocycles. The van der Waals surface area contributed by atoms with Crippen LogP contribution in [0.1, 0.15) is 45.4 Å². The third kappa shape index (κ3) is 8.09. The Hall–Kier alpha value is 0.0900. The van der Waals surface area contributed by atoms with Gasteiger partial charge in [0.2, 0.25) is 0 Å². The lowest BCUT2D eigenvalue weighted by atomic mass is 10.1. The lowest BCUT2D eigenvalue weighted by Crippen LogP contribution is -1.75. The van der Waals surface area contributed by atoms with Gasteiger partial charge in [-0.3, -0.25) is 0 Å². The van der Waals surface area contributed by atoms with Gasteiger partial charge < -0.3 is 0 Å². The highest BCUT2D eigenvalue weighted by atomic mass is 32.1. The van der Waals surface area contributed by atoms with Crippen LogP contribution in [-0.4, -0.2) is 0 Å². The molecule has 0 spiro atoms. The first-order chi connectivity index (χ1) is 4.91. The normalized spacial score (nSPS) is 11.0. The highest BCUT2D eigenvalue weighted by Crippen LogP contribution is 2.05. The van der Waals surface area contributed by atoms with Crippen LogP contribution < -0.4 is 0 Å². The first-order valence-corrected chi connectivity index (χ1v) is 4.72. The summed E-state index contributed by atoms with van der Waals surface area (Å²) in [5, 5.41) is 1.83. The van der Waals surface area contributed by atoms with Gasteiger partial charge in [-0.25, -0.2) is 0 Å². The molecule has 0 amide bonds. The van der Waals surface area contributed by atoms with Crippen LogP contribution >= 0.6 is 12.6 Å². The number of rotatable bonds is 6. The van der Waals surface area contributed by atoms with Crippen molar-refractivity contribution in [1.29, 1.82) is 0 Å². The SMILES string of the molecule is CCCCCCCC=CS. The van der Waals surface area contributed by atoms with Gasteiger partial charge in [0.15, 0.2) is 0 Å². The van der Waals surface area contributed by atoms with Crippen LogP contribution in [0, 0.1) is 0 Å². The second-order valence-corrected chi connectivity index (χ2v) is 2.89. The topological polar surface area (TPSA) is 0 Å². The van der Waals surface area contributed by atoms with Crippen LogP contribution in [0.5, 0.6) is 0 Å². The van der Waals surface area contributed by atoms with Crippen LogP contribution in [0.4, 0.5) is 0 Å². The van der Waals surface area contributed by atoms with E-state index in [-0.39, 0.29) is 0 Å². The third-order valence-corrected chi connectivity index (χ3v) is 1.79. The Labute approximate surface area is 70.1 Å². The van der Waals surface area contributed by atoms with Crippen molar-refractivity contribution < 1.29 is 0 Å². The number of hydrogen-bond acceptors (Lipinski definition) is 1. The Morgan fingerprint density at radius 1 is 1.10 bits per heavy atom. The van der Waals surface area contributed by atoms with Crippen molar-refractivity contribution in [1.82, 2.24) is 0 Å². The fraction of sp³-hybridized carbons (Fsp3) is 0.778. The summed E-state index contributed by atoms with van der Waals surface area (Å²) >= 11 is 3.98. The Bertz CT molecular complexity index is 76.8. The summed E-state index contributed by atoms with van der Waals surface area (Å²) in [6, 6.07) is 0. The van der Waals surface area contributed by atoms with Crippen molar-refractivity contribution in [2.45, 2.75) is 45.4 Å². The molecule has 0 bridgehead atoms. The Balaban J connectivity index is 2.77. The number of allylic oxidation sites excluding steroid dienone is 1. The molecule has 0 aliphatic rings. The highest BCUT2D eigenvalue weighted by Gasteiger charge is 1.85. The molecule has 0 unspecified atom stereocenters. The maximum atomic E-state index is 3.98. The fourth-order valence-corrected chi connectivity index (χ4v) is 1.09. The van der Waals surface area contributed by atoms with Crippen molar-refractivity contribution in [2.75, 3.05) is 0 Å². The van der Waals surface area contributed by atoms with Gasteiger partial charge in [0.25, 0.3) is 0 Å². The molecule has 1 heteroatoms. The first kappa shape index (κ1) is 10.1. The van der Waals surface area contributed by atoms with E-state index < -0.39 is 0 Å². The molecule has 0 rings (SSSR count). The molecular weight excluding hydrogens is 140 g/mol. The van der Waals surface area contributed by atoms with Gasteiger partial charge in [-0.2, -0.15) is 12.6 Å². The van der Waals surface area contributed by atoms with Crippen molar-refractivity contribution >= 4 is 12.6 Å². The first-order valence-electron chi connectivity index (χ1n) is 4.21. The van der Waals surface area contributed by atoms with Crippen molar-refractivity contribution in [3.05, 3.63) is 11.5 Å². The largest absolute Gasteiger partial charge is 0.152 e. The van der Waals surface area contributed by atoms with Crippen LogP contribution in [-0.2, 0) is 0 Å². The summed E-state index contributed by atoms with van der Waals surface area (Å²) < 4.78 is 0. The average Bonchev–Trinajstić information content (AvgIpc) is 1.97. The second-order valence-electron chi connectivity index (χ2n) is 2.59. The Kier molecular flexibility index (Phi) is 9.17. The van der Waals surface area contributed by atoms with E-state index in [4.69, 9.17) is 0 Å². The van der Waals surface area contributed by atoms with Crippen LogP contribution in [0.2, 0.25) is 0 Å². The fourth-order valence-electron chi connectivity index (χ4n) is 0.940. The molecule has 0 N–H and O–H groups in total. The maximum Gasteiger partial charge on any atom is -0.0343 e.